The van der Waals surface area contributed by atoms with Crippen molar-refractivity contribution in [1.82, 2.24) is 9.78 Å². The number of hydrogen-bond donors (Lipinski definition) is 1. The van der Waals surface area contributed by atoms with Gasteiger partial charge < -0.3 is 5.73 Å². The molecule has 0 saturated carbocycles. The lowest BCUT2D eigenvalue weighted by atomic mass is 10.1. The number of nitrogens with two attached hydrogens (primary N) is 1. The minimum absolute atomic E-state index is 0.0958. The quantitative estimate of drug-likeness (QED) is 0.817. The van der Waals surface area contributed by atoms with Crippen LogP contribution in [0, 0.1) is 6.92 Å². The Bertz CT molecular complexity index is 543. The van der Waals surface area contributed by atoms with E-state index in [0.29, 0.717) is 0 Å². The Hall–Kier alpha value is -1.94. The molecular weight excluding hydrogens is 202 g/mol. The van der Waals surface area contributed by atoms with Crippen molar-refractivity contribution in [2.45, 2.75) is 13.6 Å². The minimum Gasteiger partial charge on any atom is -0.312 e. The van der Waals surface area contributed by atoms with Gasteiger partial charge in [0.25, 0.3) is 5.56 Å². The van der Waals surface area contributed by atoms with Gasteiger partial charge in [0, 0.05) is 11.6 Å². The molecule has 4 nitrogen and oxygen atoms in total. The largest absolute Gasteiger partial charge is 0.312 e. The smallest absolute Gasteiger partial charge is 0.267 e. The molecule has 1 aromatic heterocycles. The monoisotopic (exact) mass is 215 g/mol. The summed E-state index contributed by atoms with van der Waals surface area (Å²) < 4.78 is 1.25. The lowest BCUT2D eigenvalue weighted by Crippen LogP contribution is -2.25. The van der Waals surface area contributed by atoms with Crippen LogP contribution in [0.15, 0.2) is 41.2 Å². The van der Waals surface area contributed by atoms with E-state index in [1.54, 1.807) is 6.07 Å². The lowest BCUT2D eigenvalue weighted by molar-refractivity contribution is 0.600. The Balaban J connectivity index is 2.48. The number of rotatable bonds is 2. The first-order chi connectivity index (χ1) is 7.70. The van der Waals surface area contributed by atoms with Gasteiger partial charge in [0.05, 0.1) is 12.4 Å². The summed E-state index contributed by atoms with van der Waals surface area (Å²) in [5.74, 6) is 0. The fourth-order valence-electron chi connectivity index (χ4n) is 1.46. The Morgan fingerprint density at radius 3 is 2.50 bits per heavy atom. The van der Waals surface area contributed by atoms with Crippen LogP contribution < -0.4 is 11.3 Å². The van der Waals surface area contributed by atoms with Gasteiger partial charge in [-0.05, 0) is 13.0 Å². The van der Waals surface area contributed by atoms with E-state index < -0.39 is 0 Å². The summed E-state index contributed by atoms with van der Waals surface area (Å²) in [6.07, 6.45) is 0. The van der Waals surface area contributed by atoms with Gasteiger partial charge in [0.15, 0.2) is 0 Å². The SMILES string of the molecule is Cc1ccc(-c2ccc(=O)n(CN)n2)cc1. The predicted octanol–water partition coefficient (Wildman–Crippen LogP) is 1.13. The number of aromatic nitrogens is 2. The molecule has 16 heavy (non-hydrogen) atoms. The van der Waals surface area contributed by atoms with E-state index >= 15 is 0 Å². The van der Waals surface area contributed by atoms with Gasteiger partial charge >= 0.3 is 0 Å². The van der Waals surface area contributed by atoms with Crippen LogP contribution in [-0.4, -0.2) is 9.78 Å². The second-order valence-electron chi connectivity index (χ2n) is 3.60. The van der Waals surface area contributed by atoms with Crippen molar-refractivity contribution in [2.24, 2.45) is 5.73 Å². The first-order valence-corrected chi connectivity index (χ1v) is 5.06. The highest BCUT2D eigenvalue weighted by atomic mass is 16.1. The third-order valence-electron chi connectivity index (χ3n) is 2.39. The number of aryl methyl sites for hydroxylation is 1. The molecule has 1 heterocycles. The number of hydrogen-bond acceptors (Lipinski definition) is 3. The summed E-state index contributed by atoms with van der Waals surface area (Å²) in [7, 11) is 0. The molecule has 0 bridgehead atoms. The molecule has 0 amide bonds. The summed E-state index contributed by atoms with van der Waals surface area (Å²) in [4.78, 5) is 11.3. The van der Waals surface area contributed by atoms with Crippen LogP contribution in [0.3, 0.4) is 0 Å². The zero-order valence-electron chi connectivity index (χ0n) is 9.05. The number of benzene rings is 1. The van der Waals surface area contributed by atoms with Crippen LogP contribution in [0.25, 0.3) is 11.3 Å². The van der Waals surface area contributed by atoms with Gasteiger partial charge in [-0.3, -0.25) is 4.79 Å². The summed E-state index contributed by atoms with van der Waals surface area (Å²) in [5.41, 5.74) is 8.16. The molecule has 1 aromatic carbocycles. The molecule has 0 atom stereocenters. The maximum absolute atomic E-state index is 11.3. The van der Waals surface area contributed by atoms with Crippen molar-refractivity contribution >= 4 is 0 Å². The second-order valence-corrected chi connectivity index (χ2v) is 3.60. The summed E-state index contributed by atoms with van der Waals surface area (Å²) >= 11 is 0. The Morgan fingerprint density at radius 2 is 1.88 bits per heavy atom. The van der Waals surface area contributed by atoms with E-state index in [0.717, 1.165) is 11.3 Å². The van der Waals surface area contributed by atoms with Crippen molar-refractivity contribution in [1.29, 1.82) is 0 Å². The van der Waals surface area contributed by atoms with E-state index in [9.17, 15) is 4.79 Å². The Morgan fingerprint density at radius 1 is 1.19 bits per heavy atom. The van der Waals surface area contributed by atoms with Gasteiger partial charge in [0.1, 0.15) is 0 Å². The van der Waals surface area contributed by atoms with E-state index in [4.69, 9.17) is 5.73 Å². The number of nitrogens with zero attached hydrogens (tertiary/aromatic N) is 2. The normalized spacial score (nSPS) is 10.4. The fraction of sp³-hybridized carbons (Fsp3) is 0.167. The molecule has 0 fully saturated rings. The third-order valence-corrected chi connectivity index (χ3v) is 2.39. The Labute approximate surface area is 93.3 Å². The van der Waals surface area contributed by atoms with E-state index in [1.807, 2.05) is 31.2 Å². The van der Waals surface area contributed by atoms with Gasteiger partial charge in [-0.1, -0.05) is 29.8 Å². The molecule has 2 N–H and O–H groups in total. The zero-order chi connectivity index (χ0) is 11.5. The molecule has 82 valence electrons. The van der Waals surface area contributed by atoms with Crippen LogP contribution in [0.1, 0.15) is 5.56 Å². The zero-order valence-corrected chi connectivity index (χ0v) is 9.05. The van der Waals surface area contributed by atoms with Gasteiger partial charge in [-0.15, -0.1) is 0 Å². The first-order valence-electron chi connectivity index (χ1n) is 5.06. The van der Waals surface area contributed by atoms with Crippen LogP contribution >= 0.6 is 0 Å². The molecular formula is C12H13N3O. The average molecular weight is 215 g/mol. The van der Waals surface area contributed by atoms with Crippen molar-refractivity contribution in [3.8, 4) is 11.3 Å². The van der Waals surface area contributed by atoms with Crippen molar-refractivity contribution in [2.75, 3.05) is 0 Å². The molecule has 4 heteroatoms. The van der Waals surface area contributed by atoms with Crippen LogP contribution in [0.2, 0.25) is 0 Å². The molecule has 0 spiro atoms. The Kier molecular flexibility index (Phi) is 2.83. The van der Waals surface area contributed by atoms with E-state index in [2.05, 4.69) is 5.10 Å². The predicted molar refractivity (Wildman–Crippen MR) is 62.9 cm³/mol. The highest BCUT2D eigenvalue weighted by molar-refractivity contribution is 5.58. The van der Waals surface area contributed by atoms with Gasteiger partial charge in [0.2, 0.25) is 0 Å². The first kappa shape index (κ1) is 10.6. The van der Waals surface area contributed by atoms with E-state index in [-0.39, 0.29) is 12.2 Å². The summed E-state index contributed by atoms with van der Waals surface area (Å²) in [5, 5.41) is 4.17. The van der Waals surface area contributed by atoms with Gasteiger partial charge in [-0.25, -0.2) is 4.68 Å². The molecule has 0 aliphatic heterocycles. The molecule has 0 aliphatic rings. The molecule has 0 saturated heterocycles. The maximum atomic E-state index is 11.3. The van der Waals surface area contributed by atoms with Crippen LogP contribution in [0.5, 0.6) is 0 Å². The molecule has 2 aromatic rings. The maximum Gasteiger partial charge on any atom is 0.267 e. The third kappa shape index (κ3) is 2.01. The van der Waals surface area contributed by atoms with Crippen molar-refractivity contribution < 1.29 is 0 Å². The van der Waals surface area contributed by atoms with Crippen molar-refractivity contribution in [3.63, 3.8) is 0 Å². The summed E-state index contributed by atoms with van der Waals surface area (Å²) in [6.45, 7) is 2.12. The van der Waals surface area contributed by atoms with Crippen LogP contribution in [0.4, 0.5) is 0 Å². The average Bonchev–Trinajstić information content (AvgIpc) is 2.31. The van der Waals surface area contributed by atoms with Crippen molar-refractivity contribution in [3.05, 3.63) is 52.3 Å². The molecule has 0 radical (unpaired) electrons. The topological polar surface area (TPSA) is 60.9 Å². The van der Waals surface area contributed by atoms with Crippen LogP contribution in [-0.2, 0) is 6.67 Å². The minimum atomic E-state index is -0.182. The molecule has 0 aliphatic carbocycles. The second kappa shape index (κ2) is 4.28. The molecule has 2 rings (SSSR count). The highest BCUT2D eigenvalue weighted by Crippen LogP contribution is 2.15. The van der Waals surface area contributed by atoms with Gasteiger partial charge in [-0.2, -0.15) is 5.10 Å². The summed E-state index contributed by atoms with van der Waals surface area (Å²) in [6, 6.07) is 11.2. The lowest BCUT2D eigenvalue weighted by Gasteiger charge is -2.04. The van der Waals surface area contributed by atoms with E-state index in [1.165, 1.54) is 16.3 Å². The standard InChI is InChI=1S/C12H13N3O/c1-9-2-4-10(5-3-9)11-6-7-12(16)15(8-13)14-11/h2-7H,8,13H2,1H3. The highest BCUT2D eigenvalue weighted by Gasteiger charge is 2.01. The molecule has 0 unspecified atom stereocenters. The fourth-order valence-corrected chi connectivity index (χ4v) is 1.46.